The van der Waals surface area contributed by atoms with Gasteiger partial charge in [0.2, 0.25) is 11.1 Å². The molecule has 2 unspecified atom stereocenters. The van der Waals surface area contributed by atoms with Crippen LogP contribution in [0.25, 0.3) is 10.7 Å². The lowest BCUT2D eigenvalue weighted by molar-refractivity contribution is -0.118. The van der Waals surface area contributed by atoms with Crippen molar-refractivity contribution in [2.24, 2.45) is 0 Å². The van der Waals surface area contributed by atoms with Crippen LogP contribution in [0, 0.1) is 0 Å². The Morgan fingerprint density at radius 2 is 2.20 bits per heavy atom. The zero-order chi connectivity index (χ0) is 17.4. The molecule has 1 aliphatic heterocycles. The highest BCUT2D eigenvalue weighted by molar-refractivity contribution is 8.00. The maximum atomic E-state index is 13.0. The molecule has 3 heterocycles. The fraction of sp³-hybridized carbons (Fsp3) is 0.278. The van der Waals surface area contributed by atoms with Crippen LogP contribution in [0.3, 0.4) is 0 Å². The number of carbonyl (C=O) groups excluding carboxylic acids is 1. The molecule has 2 aromatic heterocycles. The number of aromatic nitrogens is 3. The van der Waals surface area contributed by atoms with Gasteiger partial charge in [0.05, 0.1) is 10.1 Å². The van der Waals surface area contributed by atoms with Gasteiger partial charge in [0.15, 0.2) is 5.82 Å². The first-order chi connectivity index (χ1) is 12.1. The quantitative estimate of drug-likeness (QED) is 0.706. The van der Waals surface area contributed by atoms with Gasteiger partial charge in [-0.05, 0) is 43.3 Å². The third-order valence-corrected chi connectivity index (χ3v) is 6.12. The Bertz CT molecular complexity index is 890. The van der Waals surface area contributed by atoms with Crippen molar-refractivity contribution in [2.45, 2.75) is 36.7 Å². The number of fused-ring (bicyclic) bond motifs is 1. The number of benzene rings is 1. The minimum atomic E-state index is -0.249. The van der Waals surface area contributed by atoms with Crippen LogP contribution in [-0.4, -0.2) is 32.4 Å². The van der Waals surface area contributed by atoms with Crippen molar-refractivity contribution in [3.05, 3.63) is 47.3 Å². The monoisotopic (exact) mass is 370 g/mol. The molecule has 1 N–H and O–H groups in total. The van der Waals surface area contributed by atoms with Crippen molar-refractivity contribution in [2.75, 3.05) is 4.90 Å². The molecule has 0 aliphatic carbocycles. The summed E-state index contributed by atoms with van der Waals surface area (Å²) in [7, 11) is 0. The van der Waals surface area contributed by atoms with E-state index in [4.69, 9.17) is 0 Å². The van der Waals surface area contributed by atoms with Gasteiger partial charge < -0.3 is 4.90 Å². The lowest BCUT2D eigenvalue weighted by Crippen LogP contribution is -2.40. The van der Waals surface area contributed by atoms with E-state index in [0.29, 0.717) is 5.16 Å². The van der Waals surface area contributed by atoms with Gasteiger partial charge in [0.25, 0.3) is 0 Å². The number of anilines is 1. The summed E-state index contributed by atoms with van der Waals surface area (Å²) in [6, 6.07) is 12.3. The summed E-state index contributed by atoms with van der Waals surface area (Å²) in [5.41, 5.74) is 2.26. The van der Waals surface area contributed by atoms with Gasteiger partial charge in [0.1, 0.15) is 0 Å². The van der Waals surface area contributed by atoms with Crippen LogP contribution in [-0.2, 0) is 11.2 Å². The fourth-order valence-corrected chi connectivity index (χ4v) is 4.57. The van der Waals surface area contributed by atoms with Crippen molar-refractivity contribution in [1.29, 1.82) is 0 Å². The SMILES string of the molecule is CC(Sc1n[nH]c(-c2cccs2)n1)C(=O)N1c2ccccc2CC1C. The normalized spacial score (nSPS) is 17.5. The Morgan fingerprint density at radius 1 is 1.36 bits per heavy atom. The molecule has 1 aliphatic rings. The zero-order valence-corrected chi connectivity index (χ0v) is 15.6. The molecule has 0 saturated heterocycles. The fourth-order valence-electron chi connectivity index (χ4n) is 3.13. The number of carbonyl (C=O) groups is 1. The highest BCUT2D eigenvalue weighted by Gasteiger charge is 2.33. The Labute approximate surface area is 154 Å². The lowest BCUT2D eigenvalue weighted by atomic mass is 10.1. The van der Waals surface area contributed by atoms with Crippen LogP contribution in [0.2, 0.25) is 0 Å². The van der Waals surface area contributed by atoms with Gasteiger partial charge in [-0.2, -0.15) is 0 Å². The maximum absolute atomic E-state index is 13.0. The first-order valence-corrected chi connectivity index (χ1v) is 9.93. The minimum Gasteiger partial charge on any atom is -0.308 e. The van der Waals surface area contributed by atoms with Crippen molar-refractivity contribution in [3.8, 4) is 10.7 Å². The number of hydrogen-bond acceptors (Lipinski definition) is 5. The Kier molecular flexibility index (Phi) is 4.35. The summed E-state index contributed by atoms with van der Waals surface area (Å²) in [5, 5.41) is 9.55. The third kappa shape index (κ3) is 3.09. The highest BCUT2D eigenvalue weighted by Crippen LogP contribution is 2.34. The molecule has 0 radical (unpaired) electrons. The van der Waals surface area contributed by atoms with Crippen LogP contribution in [0.4, 0.5) is 5.69 Å². The molecule has 3 aromatic rings. The second kappa shape index (κ2) is 6.65. The van der Waals surface area contributed by atoms with Gasteiger partial charge in [-0.1, -0.05) is 36.0 Å². The summed E-state index contributed by atoms with van der Waals surface area (Å²) in [6.07, 6.45) is 0.905. The van der Waals surface area contributed by atoms with E-state index in [1.54, 1.807) is 11.3 Å². The highest BCUT2D eigenvalue weighted by atomic mass is 32.2. The molecule has 128 valence electrons. The van der Waals surface area contributed by atoms with Crippen molar-refractivity contribution in [3.63, 3.8) is 0 Å². The van der Waals surface area contributed by atoms with Crippen LogP contribution in [0.5, 0.6) is 0 Å². The number of H-pyrrole nitrogens is 1. The molecule has 0 fully saturated rings. The average molecular weight is 371 g/mol. The van der Waals surface area contributed by atoms with E-state index in [1.165, 1.54) is 17.3 Å². The summed E-state index contributed by atoms with van der Waals surface area (Å²) in [4.78, 5) is 20.5. The van der Waals surface area contributed by atoms with E-state index in [1.807, 2.05) is 47.5 Å². The van der Waals surface area contributed by atoms with Crippen molar-refractivity contribution in [1.82, 2.24) is 15.2 Å². The first-order valence-electron chi connectivity index (χ1n) is 8.17. The summed E-state index contributed by atoms with van der Waals surface area (Å²) in [5.74, 6) is 0.849. The van der Waals surface area contributed by atoms with E-state index in [0.717, 1.165) is 22.8 Å². The van der Waals surface area contributed by atoms with E-state index >= 15 is 0 Å². The average Bonchev–Trinajstić information content (AvgIpc) is 3.32. The minimum absolute atomic E-state index is 0.102. The van der Waals surface area contributed by atoms with Gasteiger partial charge in [-0.25, -0.2) is 4.98 Å². The molecule has 7 heteroatoms. The number of amides is 1. The second-order valence-corrected chi connectivity index (χ2v) is 8.35. The molecule has 0 saturated carbocycles. The molecule has 1 amide bonds. The topological polar surface area (TPSA) is 61.9 Å². The molecule has 0 spiro atoms. The molecular formula is C18H18N4OS2. The standard InChI is InChI=1S/C18H18N4OS2/c1-11-10-13-6-3-4-7-14(13)22(11)17(23)12(2)25-18-19-16(20-21-18)15-8-5-9-24-15/h3-9,11-12H,10H2,1-2H3,(H,19,20,21). The second-order valence-electron chi connectivity index (χ2n) is 6.09. The Balaban J connectivity index is 1.50. The smallest absolute Gasteiger partial charge is 0.240 e. The number of thioether (sulfide) groups is 1. The molecule has 5 nitrogen and oxygen atoms in total. The molecule has 25 heavy (non-hydrogen) atoms. The summed E-state index contributed by atoms with van der Waals surface area (Å²) >= 11 is 3.00. The van der Waals surface area contributed by atoms with E-state index in [9.17, 15) is 4.79 Å². The van der Waals surface area contributed by atoms with Gasteiger partial charge in [-0.3, -0.25) is 9.89 Å². The summed E-state index contributed by atoms with van der Waals surface area (Å²) in [6.45, 7) is 4.01. The number of para-hydroxylation sites is 1. The first kappa shape index (κ1) is 16.4. The number of aromatic amines is 1. The largest absolute Gasteiger partial charge is 0.308 e. The maximum Gasteiger partial charge on any atom is 0.240 e. The van der Waals surface area contributed by atoms with E-state index in [2.05, 4.69) is 28.2 Å². The van der Waals surface area contributed by atoms with E-state index < -0.39 is 0 Å². The number of thiophene rings is 1. The number of rotatable bonds is 4. The Morgan fingerprint density at radius 3 is 3.00 bits per heavy atom. The molecule has 4 rings (SSSR count). The van der Waals surface area contributed by atoms with Crippen LogP contribution in [0.1, 0.15) is 19.4 Å². The van der Waals surface area contributed by atoms with E-state index in [-0.39, 0.29) is 17.2 Å². The van der Waals surface area contributed by atoms with Crippen LogP contribution < -0.4 is 4.90 Å². The molecular weight excluding hydrogens is 352 g/mol. The summed E-state index contributed by atoms with van der Waals surface area (Å²) < 4.78 is 0. The predicted octanol–water partition coefficient (Wildman–Crippen LogP) is 3.99. The number of nitrogens with zero attached hydrogens (tertiary/aromatic N) is 3. The van der Waals surface area contributed by atoms with Gasteiger partial charge in [0, 0.05) is 11.7 Å². The van der Waals surface area contributed by atoms with Crippen molar-refractivity contribution < 1.29 is 4.79 Å². The molecule has 1 aromatic carbocycles. The van der Waals surface area contributed by atoms with Crippen molar-refractivity contribution >= 4 is 34.7 Å². The third-order valence-electron chi connectivity index (χ3n) is 4.29. The van der Waals surface area contributed by atoms with Crippen LogP contribution >= 0.6 is 23.1 Å². The predicted molar refractivity (Wildman–Crippen MR) is 102 cm³/mol. The zero-order valence-electron chi connectivity index (χ0n) is 14.0. The number of hydrogen-bond donors (Lipinski definition) is 1. The number of nitrogens with one attached hydrogen (secondary N) is 1. The molecule has 0 bridgehead atoms. The van der Waals surface area contributed by atoms with Gasteiger partial charge >= 0.3 is 0 Å². The van der Waals surface area contributed by atoms with Crippen LogP contribution in [0.15, 0.2) is 46.9 Å². The van der Waals surface area contributed by atoms with Gasteiger partial charge in [-0.15, -0.1) is 16.4 Å². The lowest BCUT2D eigenvalue weighted by Gasteiger charge is -2.25. The Hall–Kier alpha value is -2.12. The molecule has 2 atom stereocenters.